The van der Waals surface area contributed by atoms with Crippen LogP contribution in [-0.4, -0.2) is 17.0 Å². The van der Waals surface area contributed by atoms with Crippen molar-refractivity contribution in [2.45, 2.75) is 6.42 Å². The summed E-state index contributed by atoms with van der Waals surface area (Å²) in [6.45, 7) is 0. The molecule has 1 N–H and O–H groups in total. The summed E-state index contributed by atoms with van der Waals surface area (Å²) in [7, 11) is 0. The Morgan fingerprint density at radius 2 is 1.83 bits per heavy atom. The van der Waals surface area contributed by atoms with Gasteiger partial charge in [-0.15, -0.1) is 0 Å². The minimum absolute atomic E-state index is 0.0373. The van der Waals surface area contributed by atoms with E-state index in [1.807, 2.05) is 0 Å². The first kappa shape index (κ1) is 17.4. The zero-order valence-corrected chi connectivity index (χ0v) is 13.3. The fraction of sp³-hybridized carbons (Fsp3) is 0.0588. The third-order valence-corrected chi connectivity index (χ3v) is 3.27. The largest absolute Gasteiger partial charge is 0.273 e. The van der Waals surface area contributed by atoms with Gasteiger partial charge in [0.2, 0.25) is 5.91 Å². The number of hydrogen-bond donors (Lipinski definition) is 1. The number of carbonyl (C=O) groups excluding carboxylic acids is 1. The van der Waals surface area contributed by atoms with Gasteiger partial charge < -0.3 is 0 Å². The van der Waals surface area contributed by atoms with Crippen molar-refractivity contribution in [1.29, 1.82) is 0 Å². The Labute approximate surface area is 143 Å². The number of nitrogens with one attached hydrogen (secondary N) is 1. The van der Waals surface area contributed by atoms with Crippen molar-refractivity contribution in [2.24, 2.45) is 5.10 Å². The van der Waals surface area contributed by atoms with Crippen LogP contribution in [0.1, 0.15) is 11.1 Å². The van der Waals surface area contributed by atoms with Gasteiger partial charge in [0.1, 0.15) is 0 Å². The maximum absolute atomic E-state index is 11.7. The van der Waals surface area contributed by atoms with Crippen LogP contribution in [0.15, 0.2) is 59.7 Å². The van der Waals surface area contributed by atoms with Crippen molar-refractivity contribution in [2.75, 3.05) is 0 Å². The monoisotopic (exact) mass is 343 g/mol. The lowest BCUT2D eigenvalue weighted by Gasteiger charge is -2.00. The molecule has 0 atom stereocenters. The third-order valence-electron chi connectivity index (χ3n) is 3.02. The highest BCUT2D eigenvalue weighted by Gasteiger charge is 2.02. The molecule has 1 amide bonds. The fourth-order valence-electron chi connectivity index (χ4n) is 1.84. The number of hydrazone groups is 1. The van der Waals surface area contributed by atoms with Crippen molar-refractivity contribution in [3.05, 3.63) is 80.9 Å². The summed E-state index contributed by atoms with van der Waals surface area (Å²) in [5.41, 5.74) is 4.08. The first-order valence-electron chi connectivity index (χ1n) is 7.02. The van der Waals surface area contributed by atoms with Gasteiger partial charge in [-0.25, -0.2) is 5.43 Å². The van der Waals surface area contributed by atoms with Crippen LogP contribution in [0.25, 0.3) is 6.08 Å². The van der Waals surface area contributed by atoms with Gasteiger partial charge in [-0.05, 0) is 41.5 Å². The molecule has 2 aromatic rings. The van der Waals surface area contributed by atoms with Crippen LogP contribution >= 0.6 is 11.6 Å². The quantitative estimate of drug-likeness (QED) is 0.494. The average molecular weight is 344 g/mol. The van der Waals surface area contributed by atoms with Gasteiger partial charge >= 0.3 is 0 Å². The van der Waals surface area contributed by atoms with E-state index in [-0.39, 0.29) is 18.0 Å². The second-order valence-corrected chi connectivity index (χ2v) is 5.26. The zero-order valence-electron chi connectivity index (χ0n) is 12.6. The molecule has 6 nitrogen and oxygen atoms in total. The summed E-state index contributed by atoms with van der Waals surface area (Å²) >= 11 is 5.78. The highest BCUT2D eigenvalue weighted by atomic mass is 35.5. The number of carbonyl (C=O) groups is 1. The van der Waals surface area contributed by atoms with Crippen molar-refractivity contribution in [1.82, 2.24) is 5.43 Å². The van der Waals surface area contributed by atoms with Gasteiger partial charge in [0, 0.05) is 23.4 Å². The van der Waals surface area contributed by atoms with E-state index in [1.165, 1.54) is 18.3 Å². The van der Waals surface area contributed by atoms with Gasteiger partial charge in [-0.2, -0.15) is 5.10 Å². The van der Waals surface area contributed by atoms with Crippen LogP contribution in [0.4, 0.5) is 5.69 Å². The first-order chi connectivity index (χ1) is 11.5. The molecule has 0 spiro atoms. The molecule has 2 rings (SSSR count). The summed E-state index contributed by atoms with van der Waals surface area (Å²) in [6, 6.07) is 13.1. The minimum Gasteiger partial charge on any atom is -0.273 e. The Hall–Kier alpha value is -2.99. The molecule has 0 radical (unpaired) electrons. The molecule has 0 bridgehead atoms. The molecule has 0 aromatic heterocycles. The zero-order chi connectivity index (χ0) is 17.4. The average Bonchev–Trinajstić information content (AvgIpc) is 2.57. The summed E-state index contributed by atoms with van der Waals surface area (Å²) in [5.74, 6) is -0.239. The minimum atomic E-state index is -0.453. The van der Waals surface area contributed by atoms with Gasteiger partial charge in [-0.3, -0.25) is 14.9 Å². The normalized spacial score (nSPS) is 11.0. The Balaban J connectivity index is 1.80. The summed E-state index contributed by atoms with van der Waals surface area (Å²) in [4.78, 5) is 21.8. The Kier molecular flexibility index (Phi) is 6.22. The lowest BCUT2D eigenvalue weighted by molar-refractivity contribution is -0.384. The summed E-state index contributed by atoms with van der Waals surface area (Å²) < 4.78 is 0. The van der Waals surface area contributed by atoms with Gasteiger partial charge in [0.25, 0.3) is 5.69 Å². The predicted octanol–water partition coefficient (Wildman–Crippen LogP) is 3.61. The van der Waals surface area contributed by atoms with Gasteiger partial charge in [0.05, 0.1) is 11.3 Å². The SMILES string of the molecule is O=C(Cc1ccc(Cl)cc1)NN=C/C=C\c1ccc([N+](=O)[O-])cc1. The Bertz CT molecular complexity index is 769. The van der Waals surface area contributed by atoms with Gasteiger partial charge in [0.15, 0.2) is 0 Å². The smallest absolute Gasteiger partial charge is 0.269 e. The van der Waals surface area contributed by atoms with Crippen LogP contribution in [0, 0.1) is 10.1 Å². The number of nitro groups is 1. The van der Waals surface area contributed by atoms with E-state index in [0.717, 1.165) is 11.1 Å². The second kappa shape index (κ2) is 8.59. The lowest BCUT2D eigenvalue weighted by Crippen LogP contribution is -2.19. The molecule has 0 aliphatic rings. The summed E-state index contributed by atoms with van der Waals surface area (Å²) in [5, 5.41) is 15.0. The van der Waals surface area contributed by atoms with E-state index in [1.54, 1.807) is 48.6 Å². The summed E-state index contributed by atoms with van der Waals surface area (Å²) in [6.07, 6.45) is 4.99. The van der Waals surface area contributed by atoms with Crippen LogP contribution in [0.2, 0.25) is 5.02 Å². The third kappa shape index (κ3) is 5.66. The van der Waals surface area contributed by atoms with Crippen molar-refractivity contribution in [3.8, 4) is 0 Å². The molecule has 122 valence electrons. The maximum Gasteiger partial charge on any atom is 0.269 e. The molecule has 0 unspecified atom stereocenters. The molecule has 2 aromatic carbocycles. The molecular weight excluding hydrogens is 330 g/mol. The van der Waals surface area contributed by atoms with E-state index in [9.17, 15) is 14.9 Å². The molecule has 0 aliphatic heterocycles. The van der Waals surface area contributed by atoms with Crippen molar-refractivity contribution >= 4 is 35.5 Å². The highest BCUT2D eigenvalue weighted by molar-refractivity contribution is 6.30. The maximum atomic E-state index is 11.7. The lowest BCUT2D eigenvalue weighted by atomic mass is 10.1. The fourth-order valence-corrected chi connectivity index (χ4v) is 1.97. The van der Waals surface area contributed by atoms with Gasteiger partial charge in [-0.1, -0.05) is 29.8 Å². The number of rotatable bonds is 6. The van der Waals surface area contributed by atoms with E-state index < -0.39 is 4.92 Å². The molecule has 0 aliphatic carbocycles. The molecular formula is C17H14ClN3O3. The number of nitrogens with zero attached hydrogens (tertiary/aromatic N) is 2. The van der Waals surface area contributed by atoms with E-state index in [4.69, 9.17) is 11.6 Å². The number of benzene rings is 2. The molecule has 0 fully saturated rings. The van der Waals surface area contributed by atoms with Crippen molar-refractivity contribution < 1.29 is 9.72 Å². The number of nitro benzene ring substituents is 1. The first-order valence-corrected chi connectivity index (χ1v) is 7.40. The number of halogens is 1. The number of non-ortho nitro benzene ring substituents is 1. The Morgan fingerprint density at radius 1 is 1.17 bits per heavy atom. The number of hydrogen-bond acceptors (Lipinski definition) is 4. The van der Waals surface area contributed by atoms with Crippen LogP contribution < -0.4 is 5.43 Å². The molecule has 24 heavy (non-hydrogen) atoms. The van der Waals surface area contributed by atoms with E-state index in [2.05, 4.69) is 10.5 Å². The number of allylic oxidation sites excluding steroid dienone is 1. The molecule has 0 heterocycles. The molecule has 0 saturated carbocycles. The van der Waals surface area contributed by atoms with Crippen molar-refractivity contribution in [3.63, 3.8) is 0 Å². The highest BCUT2D eigenvalue weighted by Crippen LogP contribution is 2.12. The van der Waals surface area contributed by atoms with E-state index in [0.29, 0.717) is 5.02 Å². The van der Waals surface area contributed by atoms with Crippen LogP contribution in [0.5, 0.6) is 0 Å². The Morgan fingerprint density at radius 3 is 2.46 bits per heavy atom. The second-order valence-electron chi connectivity index (χ2n) is 4.82. The molecule has 0 saturated heterocycles. The molecule has 7 heteroatoms. The van der Waals surface area contributed by atoms with Crippen LogP contribution in [-0.2, 0) is 11.2 Å². The van der Waals surface area contributed by atoms with Crippen LogP contribution in [0.3, 0.4) is 0 Å². The topological polar surface area (TPSA) is 84.6 Å². The predicted molar refractivity (Wildman–Crippen MR) is 93.9 cm³/mol. The number of amides is 1. The standard InChI is InChI=1S/C17H14ClN3O3/c18-15-7-3-14(4-8-15)12-17(22)20-19-11-1-2-13-5-9-16(10-6-13)21(23)24/h1-11H,12H2,(H,20,22)/b2-1-,19-11?. The van der Waals surface area contributed by atoms with E-state index >= 15 is 0 Å².